The Morgan fingerprint density at radius 3 is 2.46 bits per heavy atom. The molecule has 3 rings (SSSR count). The summed E-state index contributed by atoms with van der Waals surface area (Å²) in [6.07, 6.45) is 3.36. The van der Waals surface area contributed by atoms with Crippen molar-refractivity contribution in [3.63, 3.8) is 0 Å². The number of hydrogen-bond donors (Lipinski definition) is 0. The minimum Gasteiger partial charge on any atom is -0.435 e. The van der Waals surface area contributed by atoms with Gasteiger partial charge in [-0.15, -0.1) is 0 Å². The molecular formula is C22H26F2N2O2. The number of rotatable bonds is 8. The number of benzene rings is 2. The van der Waals surface area contributed by atoms with Gasteiger partial charge < -0.3 is 14.5 Å². The van der Waals surface area contributed by atoms with Gasteiger partial charge in [-0.25, -0.2) is 0 Å². The summed E-state index contributed by atoms with van der Waals surface area (Å²) in [5, 5.41) is 0. The smallest absolute Gasteiger partial charge is 0.387 e. The molecule has 1 saturated heterocycles. The Balaban J connectivity index is 1.54. The first-order chi connectivity index (χ1) is 13.5. The molecule has 0 bridgehead atoms. The van der Waals surface area contributed by atoms with E-state index in [9.17, 15) is 13.6 Å². The number of para-hydroxylation sites is 1. The number of carbonyl (C=O) groups excluding carboxylic acids is 1. The highest BCUT2D eigenvalue weighted by Gasteiger charge is 2.17. The second kappa shape index (κ2) is 9.53. The van der Waals surface area contributed by atoms with Crippen LogP contribution in [0.2, 0.25) is 0 Å². The number of amides is 1. The van der Waals surface area contributed by atoms with Gasteiger partial charge in [0.25, 0.3) is 0 Å². The Kier molecular flexibility index (Phi) is 6.85. The molecule has 0 radical (unpaired) electrons. The Labute approximate surface area is 164 Å². The Hall–Kier alpha value is -2.63. The summed E-state index contributed by atoms with van der Waals surface area (Å²) in [6.45, 7) is -0.114. The van der Waals surface area contributed by atoms with E-state index in [0.717, 1.165) is 24.2 Å². The van der Waals surface area contributed by atoms with E-state index in [1.54, 1.807) is 17.0 Å². The molecule has 0 N–H and O–H groups in total. The second-order valence-corrected chi connectivity index (χ2v) is 7.10. The molecule has 1 amide bonds. The zero-order valence-corrected chi connectivity index (χ0v) is 16.1. The van der Waals surface area contributed by atoms with Gasteiger partial charge in [-0.3, -0.25) is 4.79 Å². The first-order valence-electron chi connectivity index (χ1n) is 9.63. The minimum atomic E-state index is -2.83. The number of anilines is 1. The number of alkyl halides is 2. The van der Waals surface area contributed by atoms with Gasteiger partial charge in [0.2, 0.25) is 5.91 Å². The lowest BCUT2D eigenvalue weighted by Crippen LogP contribution is -2.28. The molecule has 1 fully saturated rings. The van der Waals surface area contributed by atoms with Crippen LogP contribution in [0.15, 0.2) is 48.5 Å². The van der Waals surface area contributed by atoms with Gasteiger partial charge >= 0.3 is 6.61 Å². The largest absolute Gasteiger partial charge is 0.435 e. The molecule has 150 valence electrons. The van der Waals surface area contributed by atoms with Crippen molar-refractivity contribution in [1.29, 1.82) is 0 Å². The van der Waals surface area contributed by atoms with Crippen molar-refractivity contribution >= 4 is 11.6 Å². The van der Waals surface area contributed by atoms with Gasteiger partial charge in [0.05, 0.1) is 0 Å². The van der Waals surface area contributed by atoms with Gasteiger partial charge in [-0.2, -0.15) is 8.78 Å². The molecule has 0 aliphatic carbocycles. The minimum absolute atomic E-state index is 0.0594. The van der Waals surface area contributed by atoms with Gasteiger partial charge in [0, 0.05) is 38.8 Å². The maximum Gasteiger partial charge on any atom is 0.387 e. The van der Waals surface area contributed by atoms with Crippen molar-refractivity contribution in [2.24, 2.45) is 0 Å². The number of nitrogens with zero attached hydrogens (tertiary/aromatic N) is 2. The molecule has 0 atom stereocenters. The van der Waals surface area contributed by atoms with Crippen LogP contribution in [0.3, 0.4) is 0 Å². The van der Waals surface area contributed by atoms with E-state index in [4.69, 9.17) is 0 Å². The second-order valence-electron chi connectivity index (χ2n) is 7.10. The first-order valence-corrected chi connectivity index (χ1v) is 9.63. The van der Waals surface area contributed by atoms with Crippen molar-refractivity contribution < 1.29 is 18.3 Å². The van der Waals surface area contributed by atoms with Crippen molar-refractivity contribution in [1.82, 2.24) is 4.90 Å². The normalized spacial score (nSPS) is 13.8. The highest BCUT2D eigenvalue weighted by molar-refractivity contribution is 5.76. The number of ether oxygens (including phenoxy) is 1. The maximum absolute atomic E-state index is 12.6. The van der Waals surface area contributed by atoms with Crippen LogP contribution in [0.1, 0.15) is 30.4 Å². The van der Waals surface area contributed by atoms with E-state index < -0.39 is 6.61 Å². The molecule has 1 aliphatic heterocycles. The summed E-state index contributed by atoms with van der Waals surface area (Å²) in [5.41, 5.74) is 3.30. The Morgan fingerprint density at radius 1 is 1.11 bits per heavy atom. The molecule has 0 saturated carbocycles. The number of aryl methyl sites for hydroxylation is 1. The lowest BCUT2D eigenvalue weighted by Gasteiger charge is -2.24. The third-order valence-electron chi connectivity index (χ3n) is 5.05. The molecule has 2 aromatic carbocycles. The van der Waals surface area contributed by atoms with Crippen molar-refractivity contribution in [3.8, 4) is 5.75 Å². The quantitative estimate of drug-likeness (QED) is 0.668. The molecule has 28 heavy (non-hydrogen) atoms. The van der Waals surface area contributed by atoms with E-state index in [2.05, 4.69) is 21.8 Å². The fraction of sp³-hybridized carbons (Fsp3) is 0.409. The summed E-state index contributed by atoms with van der Waals surface area (Å²) >= 11 is 0. The molecule has 2 aromatic rings. The van der Waals surface area contributed by atoms with Crippen LogP contribution in [0.25, 0.3) is 0 Å². The number of halogens is 2. The lowest BCUT2D eigenvalue weighted by atomic mass is 10.1. The number of hydrogen-bond acceptors (Lipinski definition) is 3. The zero-order chi connectivity index (χ0) is 19.9. The predicted octanol–water partition coefficient (Wildman–Crippen LogP) is 4.48. The summed E-state index contributed by atoms with van der Waals surface area (Å²) < 4.78 is 28.7. The van der Waals surface area contributed by atoms with Gasteiger partial charge in [-0.05, 0) is 48.6 Å². The third-order valence-corrected chi connectivity index (χ3v) is 5.05. The number of carbonyl (C=O) groups is 1. The SMILES string of the molecule is CN(Cc1ccccc1N1CCCC1)C(=O)CCc1ccc(OC(F)F)cc1. The average molecular weight is 388 g/mol. The van der Waals surface area contributed by atoms with E-state index in [0.29, 0.717) is 19.4 Å². The van der Waals surface area contributed by atoms with Gasteiger partial charge in [0.15, 0.2) is 0 Å². The van der Waals surface area contributed by atoms with Crippen LogP contribution in [0.5, 0.6) is 5.75 Å². The van der Waals surface area contributed by atoms with E-state index >= 15 is 0 Å². The Morgan fingerprint density at radius 2 is 1.79 bits per heavy atom. The summed E-state index contributed by atoms with van der Waals surface area (Å²) in [7, 11) is 1.82. The van der Waals surface area contributed by atoms with Gasteiger partial charge in [-0.1, -0.05) is 30.3 Å². The van der Waals surface area contributed by atoms with Crippen molar-refractivity contribution in [2.45, 2.75) is 38.8 Å². The summed E-state index contributed by atoms with van der Waals surface area (Å²) in [6, 6.07) is 14.7. The molecule has 1 aliphatic rings. The molecule has 0 unspecified atom stereocenters. The summed E-state index contributed by atoms with van der Waals surface area (Å²) in [4.78, 5) is 16.7. The molecule has 1 heterocycles. The first kappa shape index (κ1) is 20.1. The highest BCUT2D eigenvalue weighted by atomic mass is 19.3. The average Bonchev–Trinajstić information content (AvgIpc) is 3.21. The molecule has 0 spiro atoms. The molecule has 4 nitrogen and oxygen atoms in total. The maximum atomic E-state index is 12.6. The standard InChI is InChI=1S/C22H26F2N2O2/c1-25(16-18-6-2-3-7-20(18)26-14-4-5-15-26)21(27)13-10-17-8-11-19(12-9-17)28-22(23)24/h2-3,6-9,11-12,22H,4-5,10,13-16H2,1H3. The summed E-state index contributed by atoms with van der Waals surface area (Å²) in [5.74, 6) is 0.185. The fourth-order valence-corrected chi connectivity index (χ4v) is 3.53. The molecule has 0 aromatic heterocycles. The van der Waals surface area contributed by atoms with Crippen LogP contribution in [0, 0.1) is 0 Å². The Bertz CT molecular complexity index is 774. The van der Waals surface area contributed by atoms with Crippen molar-refractivity contribution in [3.05, 3.63) is 59.7 Å². The van der Waals surface area contributed by atoms with Crippen LogP contribution in [0.4, 0.5) is 14.5 Å². The highest BCUT2D eigenvalue weighted by Crippen LogP contribution is 2.25. The van der Waals surface area contributed by atoms with E-state index in [1.807, 2.05) is 19.2 Å². The van der Waals surface area contributed by atoms with E-state index in [-0.39, 0.29) is 11.7 Å². The lowest BCUT2D eigenvalue weighted by molar-refractivity contribution is -0.130. The fourth-order valence-electron chi connectivity index (χ4n) is 3.53. The third kappa shape index (κ3) is 5.44. The van der Waals surface area contributed by atoms with Crippen molar-refractivity contribution in [2.75, 3.05) is 25.0 Å². The van der Waals surface area contributed by atoms with Crippen LogP contribution in [-0.2, 0) is 17.8 Å². The predicted molar refractivity (Wildman–Crippen MR) is 106 cm³/mol. The van der Waals surface area contributed by atoms with Gasteiger partial charge in [0.1, 0.15) is 5.75 Å². The topological polar surface area (TPSA) is 32.8 Å². The van der Waals surface area contributed by atoms with Crippen LogP contribution >= 0.6 is 0 Å². The molecule has 6 heteroatoms. The van der Waals surface area contributed by atoms with Crippen LogP contribution in [-0.4, -0.2) is 37.6 Å². The van der Waals surface area contributed by atoms with Crippen LogP contribution < -0.4 is 9.64 Å². The van der Waals surface area contributed by atoms with E-state index in [1.165, 1.54) is 30.7 Å². The monoisotopic (exact) mass is 388 g/mol. The molecular weight excluding hydrogens is 362 g/mol. The zero-order valence-electron chi connectivity index (χ0n) is 16.1.